The second-order valence-electron chi connectivity index (χ2n) is 5.07. The number of aromatic nitrogens is 2. The lowest BCUT2D eigenvalue weighted by molar-refractivity contribution is 0.0943. The van der Waals surface area contributed by atoms with E-state index in [0.717, 1.165) is 49.4 Å². The molecule has 0 spiro atoms. The normalized spacial score (nSPS) is 16.8. The Balaban J connectivity index is 1.95. The Morgan fingerprint density at radius 1 is 1.44 bits per heavy atom. The molecule has 1 aliphatic rings. The summed E-state index contributed by atoms with van der Waals surface area (Å²) in [6.07, 6.45) is 2.29. The zero-order valence-electron chi connectivity index (χ0n) is 11.4. The van der Waals surface area contributed by atoms with E-state index < -0.39 is 0 Å². The second-order valence-corrected chi connectivity index (χ2v) is 5.07. The molecule has 0 radical (unpaired) electrons. The highest BCUT2D eigenvalue weighted by Gasteiger charge is 2.19. The van der Waals surface area contributed by atoms with Crippen LogP contribution in [0, 0.1) is 19.8 Å². The minimum atomic E-state index is 0.0108. The van der Waals surface area contributed by atoms with Crippen LogP contribution in [0.2, 0.25) is 0 Å². The number of nitrogens with one attached hydrogen (secondary N) is 2. The van der Waals surface area contributed by atoms with Crippen molar-refractivity contribution in [2.75, 3.05) is 19.6 Å². The van der Waals surface area contributed by atoms with Crippen molar-refractivity contribution in [3.8, 4) is 0 Å². The molecule has 0 unspecified atom stereocenters. The summed E-state index contributed by atoms with van der Waals surface area (Å²) in [5.74, 6) is 0.615. The van der Waals surface area contributed by atoms with E-state index in [1.807, 2.05) is 20.9 Å². The van der Waals surface area contributed by atoms with E-state index >= 15 is 0 Å². The van der Waals surface area contributed by atoms with Gasteiger partial charge in [0.15, 0.2) is 0 Å². The maximum Gasteiger partial charge on any atom is 0.255 e. The van der Waals surface area contributed by atoms with Crippen LogP contribution in [0.25, 0.3) is 0 Å². The lowest BCUT2D eigenvalue weighted by Gasteiger charge is -2.22. The first kappa shape index (κ1) is 13.1. The monoisotopic (exact) mass is 250 g/mol. The van der Waals surface area contributed by atoms with Gasteiger partial charge in [-0.25, -0.2) is 0 Å². The zero-order valence-corrected chi connectivity index (χ0v) is 11.4. The molecule has 1 saturated heterocycles. The first-order valence-electron chi connectivity index (χ1n) is 6.58. The molecule has 1 fully saturated rings. The molecule has 1 aromatic heterocycles. The van der Waals surface area contributed by atoms with Crippen LogP contribution < -0.4 is 10.6 Å². The molecule has 1 amide bonds. The molecule has 0 atom stereocenters. The number of piperidine rings is 1. The van der Waals surface area contributed by atoms with E-state index in [-0.39, 0.29) is 5.91 Å². The molecular formula is C13H22N4O. The van der Waals surface area contributed by atoms with Crippen molar-refractivity contribution >= 4 is 5.91 Å². The number of nitrogens with zero attached hydrogens (tertiary/aromatic N) is 2. The average Bonchev–Trinajstić information content (AvgIpc) is 2.62. The Hall–Kier alpha value is -1.36. The van der Waals surface area contributed by atoms with Gasteiger partial charge in [0.2, 0.25) is 0 Å². The third-order valence-corrected chi connectivity index (χ3v) is 3.75. The summed E-state index contributed by atoms with van der Waals surface area (Å²) in [5, 5.41) is 10.6. The van der Waals surface area contributed by atoms with E-state index in [4.69, 9.17) is 0 Å². The Labute approximate surface area is 108 Å². The first-order chi connectivity index (χ1) is 8.59. The van der Waals surface area contributed by atoms with E-state index in [1.165, 1.54) is 0 Å². The van der Waals surface area contributed by atoms with Crippen molar-refractivity contribution < 1.29 is 4.79 Å². The predicted octanol–water partition coefficient (Wildman–Crippen LogP) is 0.766. The quantitative estimate of drug-likeness (QED) is 0.833. The van der Waals surface area contributed by atoms with Crippen molar-refractivity contribution in [1.29, 1.82) is 0 Å². The Morgan fingerprint density at radius 3 is 2.67 bits per heavy atom. The zero-order chi connectivity index (χ0) is 13.1. The minimum Gasteiger partial charge on any atom is -0.352 e. The van der Waals surface area contributed by atoms with Crippen molar-refractivity contribution in [2.45, 2.75) is 26.7 Å². The van der Waals surface area contributed by atoms with Crippen LogP contribution in [0.3, 0.4) is 0 Å². The molecule has 1 aromatic rings. The fourth-order valence-electron chi connectivity index (χ4n) is 2.51. The van der Waals surface area contributed by atoms with Gasteiger partial charge in [-0.1, -0.05) is 0 Å². The summed E-state index contributed by atoms with van der Waals surface area (Å²) < 4.78 is 1.76. The second kappa shape index (κ2) is 5.52. The van der Waals surface area contributed by atoms with Gasteiger partial charge in [-0.3, -0.25) is 9.48 Å². The SMILES string of the molecule is Cc1nn(C)c(C)c1C(=O)NCC1CCNCC1. The number of carbonyl (C=O) groups is 1. The predicted molar refractivity (Wildman–Crippen MR) is 70.6 cm³/mol. The highest BCUT2D eigenvalue weighted by atomic mass is 16.1. The van der Waals surface area contributed by atoms with Gasteiger partial charge in [-0.05, 0) is 45.7 Å². The molecule has 2 rings (SSSR count). The number of hydrogen-bond acceptors (Lipinski definition) is 3. The van der Waals surface area contributed by atoms with Crippen molar-refractivity contribution in [3.63, 3.8) is 0 Å². The van der Waals surface area contributed by atoms with Gasteiger partial charge in [0.1, 0.15) is 0 Å². The molecule has 1 aliphatic heterocycles. The first-order valence-corrected chi connectivity index (χ1v) is 6.58. The van der Waals surface area contributed by atoms with Gasteiger partial charge < -0.3 is 10.6 Å². The molecule has 2 N–H and O–H groups in total. The Morgan fingerprint density at radius 2 is 2.11 bits per heavy atom. The smallest absolute Gasteiger partial charge is 0.255 e. The van der Waals surface area contributed by atoms with Gasteiger partial charge >= 0.3 is 0 Å². The fourth-order valence-corrected chi connectivity index (χ4v) is 2.51. The number of amides is 1. The Kier molecular flexibility index (Phi) is 4.01. The van der Waals surface area contributed by atoms with E-state index in [1.54, 1.807) is 4.68 Å². The van der Waals surface area contributed by atoms with Crippen LogP contribution >= 0.6 is 0 Å². The molecular weight excluding hydrogens is 228 g/mol. The number of aryl methyl sites for hydroxylation is 2. The maximum absolute atomic E-state index is 12.2. The fraction of sp³-hybridized carbons (Fsp3) is 0.692. The van der Waals surface area contributed by atoms with Crippen molar-refractivity contribution in [3.05, 3.63) is 17.0 Å². The largest absolute Gasteiger partial charge is 0.352 e. The average molecular weight is 250 g/mol. The molecule has 0 aliphatic carbocycles. The summed E-state index contributed by atoms with van der Waals surface area (Å²) >= 11 is 0. The van der Waals surface area contributed by atoms with Crippen molar-refractivity contribution in [1.82, 2.24) is 20.4 Å². The highest BCUT2D eigenvalue weighted by molar-refractivity contribution is 5.96. The molecule has 5 heteroatoms. The number of hydrogen-bond donors (Lipinski definition) is 2. The van der Waals surface area contributed by atoms with Gasteiger partial charge in [0, 0.05) is 19.3 Å². The minimum absolute atomic E-state index is 0.0108. The summed E-state index contributed by atoms with van der Waals surface area (Å²) in [6, 6.07) is 0. The van der Waals surface area contributed by atoms with Gasteiger partial charge in [-0.15, -0.1) is 0 Å². The topological polar surface area (TPSA) is 59.0 Å². The molecule has 5 nitrogen and oxygen atoms in total. The van der Waals surface area contributed by atoms with Crippen LogP contribution in [0.4, 0.5) is 0 Å². The van der Waals surface area contributed by atoms with Crippen LogP contribution in [0.5, 0.6) is 0 Å². The number of carbonyl (C=O) groups excluding carboxylic acids is 1. The third kappa shape index (κ3) is 2.72. The summed E-state index contributed by atoms with van der Waals surface area (Å²) in [7, 11) is 1.87. The Bertz CT molecular complexity index is 432. The lowest BCUT2D eigenvalue weighted by Crippen LogP contribution is -2.36. The summed E-state index contributed by atoms with van der Waals surface area (Å²) in [6.45, 7) is 6.71. The van der Waals surface area contributed by atoms with E-state index in [0.29, 0.717) is 5.92 Å². The van der Waals surface area contributed by atoms with Gasteiger partial charge in [-0.2, -0.15) is 5.10 Å². The molecule has 100 valence electrons. The van der Waals surface area contributed by atoms with Crippen LogP contribution in [-0.2, 0) is 7.05 Å². The van der Waals surface area contributed by atoms with Crippen LogP contribution in [0.1, 0.15) is 34.6 Å². The maximum atomic E-state index is 12.2. The molecule has 2 heterocycles. The molecule has 0 aromatic carbocycles. The van der Waals surface area contributed by atoms with E-state index in [9.17, 15) is 4.79 Å². The molecule has 0 saturated carbocycles. The number of rotatable bonds is 3. The van der Waals surface area contributed by atoms with Crippen LogP contribution in [-0.4, -0.2) is 35.3 Å². The van der Waals surface area contributed by atoms with E-state index in [2.05, 4.69) is 15.7 Å². The van der Waals surface area contributed by atoms with Crippen LogP contribution in [0.15, 0.2) is 0 Å². The lowest BCUT2D eigenvalue weighted by atomic mass is 9.98. The third-order valence-electron chi connectivity index (χ3n) is 3.75. The standard InChI is InChI=1S/C13H22N4O/c1-9-12(10(2)17(3)16-9)13(18)15-8-11-4-6-14-7-5-11/h11,14H,4-8H2,1-3H3,(H,15,18). The van der Waals surface area contributed by atoms with Gasteiger partial charge in [0.05, 0.1) is 11.3 Å². The highest BCUT2D eigenvalue weighted by Crippen LogP contribution is 2.13. The molecule has 0 bridgehead atoms. The van der Waals surface area contributed by atoms with Gasteiger partial charge in [0.25, 0.3) is 5.91 Å². The molecule has 18 heavy (non-hydrogen) atoms. The summed E-state index contributed by atoms with van der Waals surface area (Å²) in [4.78, 5) is 12.2. The summed E-state index contributed by atoms with van der Waals surface area (Å²) in [5.41, 5.74) is 2.46. The van der Waals surface area contributed by atoms with Crippen molar-refractivity contribution in [2.24, 2.45) is 13.0 Å².